The van der Waals surface area contributed by atoms with E-state index in [4.69, 9.17) is 0 Å². The van der Waals surface area contributed by atoms with Crippen LogP contribution in [0.15, 0.2) is 18.3 Å². The molecule has 80 valence electrons. The van der Waals surface area contributed by atoms with Gasteiger partial charge in [0.1, 0.15) is 17.2 Å². The smallest absolute Gasteiger partial charge is 0.358 e. The molecule has 15 heavy (non-hydrogen) atoms. The van der Waals surface area contributed by atoms with Crippen LogP contribution in [-0.4, -0.2) is 0 Å². The highest BCUT2D eigenvalue weighted by molar-refractivity contribution is 5.75. The fourth-order valence-electron chi connectivity index (χ4n) is 1.21. The fourth-order valence-corrected chi connectivity index (χ4v) is 1.21. The summed E-state index contributed by atoms with van der Waals surface area (Å²) in [5.41, 5.74) is -1.89. The first-order valence-corrected chi connectivity index (χ1v) is 3.93. The number of hydrogen-bond acceptors (Lipinski definition) is 1. The molecule has 0 saturated carbocycles. The summed E-state index contributed by atoms with van der Waals surface area (Å²) in [4.78, 5) is 0. The Morgan fingerprint density at radius 2 is 1.67 bits per heavy atom. The minimum Gasteiger partial charge on any atom is -0.358 e. The summed E-state index contributed by atoms with van der Waals surface area (Å²) in [7, 11) is 0. The third-order valence-electron chi connectivity index (χ3n) is 1.95. The lowest BCUT2D eigenvalue weighted by Gasteiger charge is -2.10. The van der Waals surface area contributed by atoms with E-state index in [2.05, 4.69) is 5.32 Å². The van der Waals surface area contributed by atoms with Gasteiger partial charge in [-0.15, -0.1) is 0 Å². The largest absolute Gasteiger partial charge is 0.422 e. The Hall–Kier alpha value is -1.59. The van der Waals surface area contributed by atoms with Crippen LogP contribution in [0.3, 0.4) is 0 Å². The van der Waals surface area contributed by atoms with Crippen LogP contribution in [0.5, 0.6) is 0 Å². The molecule has 1 heterocycles. The van der Waals surface area contributed by atoms with Gasteiger partial charge in [-0.25, -0.2) is 8.78 Å². The zero-order valence-electron chi connectivity index (χ0n) is 7.12. The van der Waals surface area contributed by atoms with Gasteiger partial charge in [-0.1, -0.05) is 0 Å². The molecule has 2 rings (SSSR count). The van der Waals surface area contributed by atoms with Gasteiger partial charge in [-0.3, -0.25) is 0 Å². The zero-order valence-corrected chi connectivity index (χ0v) is 7.12. The van der Waals surface area contributed by atoms with Gasteiger partial charge in [0.05, 0.1) is 5.70 Å². The van der Waals surface area contributed by atoms with Crippen molar-refractivity contribution in [2.45, 2.75) is 6.18 Å². The number of benzene rings is 1. The van der Waals surface area contributed by atoms with E-state index in [1.807, 2.05) is 0 Å². The van der Waals surface area contributed by atoms with Crippen molar-refractivity contribution in [2.24, 2.45) is 0 Å². The quantitative estimate of drug-likeness (QED) is 0.723. The second-order valence-electron chi connectivity index (χ2n) is 2.98. The van der Waals surface area contributed by atoms with Crippen molar-refractivity contribution in [3.63, 3.8) is 0 Å². The molecule has 0 spiro atoms. The number of hydrogen-bond donors (Lipinski definition) is 1. The van der Waals surface area contributed by atoms with Crippen LogP contribution < -0.4 is 5.32 Å². The summed E-state index contributed by atoms with van der Waals surface area (Å²) in [6, 6.07) is 1.56. The number of halogens is 5. The Morgan fingerprint density at radius 3 is 2.13 bits per heavy atom. The fraction of sp³-hybridized carbons (Fsp3) is 0.111. The normalized spacial score (nSPS) is 14.6. The van der Waals surface area contributed by atoms with Gasteiger partial charge >= 0.3 is 6.18 Å². The average molecular weight is 221 g/mol. The van der Waals surface area contributed by atoms with Crippen molar-refractivity contribution in [3.05, 3.63) is 41.1 Å². The lowest BCUT2D eigenvalue weighted by molar-refractivity contribution is -0.142. The second kappa shape index (κ2) is 2.95. The third kappa shape index (κ3) is 1.67. The summed E-state index contributed by atoms with van der Waals surface area (Å²) < 4.78 is 62.9. The van der Waals surface area contributed by atoms with Gasteiger partial charge < -0.3 is 5.32 Å². The van der Waals surface area contributed by atoms with Gasteiger partial charge in [0.15, 0.2) is 0 Å². The van der Waals surface area contributed by atoms with Crippen LogP contribution in [0.2, 0.25) is 0 Å². The average Bonchev–Trinajstić information content (AvgIpc) is 2.84. The first-order valence-electron chi connectivity index (χ1n) is 3.93. The van der Waals surface area contributed by atoms with Gasteiger partial charge in [-0.05, 0) is 12.1 Å². The molecule has 1 aromatic rings. The van der Waals surface area contributed by atoms with Crippen LogP contribution in [0.25, 0.3) is 5.70 Å². The molecular formula is C9H4F5N. The predicted octanol–water partition coefficient (Wildman–Crippen LogP) is 2.89. The standard InChI is InChI=1S/C9H4F5N/c10-5-2-1-4(6-3-15-6)8(11)7(5)9(12,13)14/h1-3,15H. The first kappa shape index (κ1) is 9.95. The SMILES string of the molecule is Fc1ccc(C2=CN2)c(F)c1C(F)(F)F. The van der Waals surface area contributed by atoms with Crippen molar-refractivity contribution < 1.29 is 22.0 Å². The summed E-state index contributed by atoms with van der Waals surface area (Å²) >= 11 is 0. The summed E-state index contributed by atoms with van der Waals surface area (Å²) in [6.07, 6.45) is -3.70. The monoisotopic (exact) mass is 221 g/mol. The van der Waals surface area contributed by atoms with Gasteiger partial charge in [-0.2, -0.15) is 13.2 Å². The number of rotatable bonds is 1. The molecule has 0 saturated heterocycles. The van der Waals surface area contributed by atoms with Crippen LogP contribution >= 0.6 is 0 Å². The molecule has 0 fully saturated rings. The number of alkyl halides is 3. The van der Waals surface area contributed by atoms with E-state index in [0.717, 1.165) is 6.07 Å². The van der Waals surface area contributed by atoms with Gasteiger partial charge in [0.25, 0.3) is 0 Å². The van der Waals surface area contributed by atoms with E-state index in [9.17, 15) is 22.0 Å². The van der Waals surface area contributed by atoms with Crippen molar-refractivity contribution in [1.82, 2.24) is 5.32 Å². The van der Waals surface area contributed by atoms with Crippen molar-refractivity contribution in [2.75, 3.05) is 0 Å². The molecule has 0 unspecified atom stereocenters. The lowest BCUT2D eigenvalue weighted by atomic mass is 10.1. The molecule has 1 aliphatic rings. The Morgan fingerprint density at radius 1 is 1.07 bits per heavy atom. The highest BCUT2D eigenvalue weighted by Gasteiger charge is 2.39. The van der Waals surface area contributed by atoms with Gasteiger partial charge in [0, 0.05) is 11.8 Å². The second-order valence-corrected chi connectivity index (χ2v) is 2.98. The van der Waals surface area contributed by atoms with E-state index >= 15 is 0 Å². The molecule has 0 atom stereocenters. The molecule has 0 amide bonds. The molecule has 1 aromatic carbocycles. The zero-order chi connectivity index (χ0) is 11.2. The molecular weight excluding hydrogens is 217 g/mol. The lowest BCUT2D eigenvalue weighted by Crippen LogP contribution is -2.12. The highest BCUT2D eigenvalue weighted by Crippen LogP contribution is 2.36. The van der Waals surface area contributed by atoms with E-state index in [1.165, 1.54) is 6.20 Å². The Labute approximate surface area is 81.2 Å². The van der Waals surface area contributed by atoms with E-state index < -0.39 is 23.4 Å². The van der Waals surface area contributed by atoms with E-state index in [1.54, 1.807) is 0 Å². The summed E-state index contributed by atoms with van der Waals surface area (Å²) in [5.74, 6) is -3.19. The molecule has 1 aliphatic heterocycles. The van der Waals surface area contributed by atoms with E-state index in [0.29, 0.717) is 6.07 Å². The maximum Gasteiger partial charge on any atom is 0.422 e. The van der Waals surface area contributed by atoms with Crippen LogP contribution in [0, 0.1) is 11.6 Å². The topological polar surface area (TPSA) is 21.9 Å². The minimum atomic E-state index is -5.03. The molecule has 1 N–H and O–H groups in total. The van der Waals surface area contributed by atoms with Crippen molar-refractivity contribution in [1.29, 1.82) is 0 Å². The van der Waals surface area contributed by atoms with Crippen LogP contribution in [0.4, 0.5) is 22.0 Å². The summed E-state index contributed by atoms with van der Waals surface area (Å²) in [6.45, 7) is 0. The Bertz CT molecular complexity index is 447. The predicted molar refractivity (Wildman–Crippen MR) is 42.5 cm³/mol. The molecule has 0 radical (unpaired) electrons. The molecule has 0 bridgehead atoms. The third-order valence-corrected chi connectivity index (χ3v) is 1.95. The molecule has 1 nitrogen and oxygen atoms in total. The molecule has 6 heteroatoms. The Kier molecular flexibility index (Phi) is 1.95. The maximum atomic E-state index is 13.3. The molecule has 0 aromatic heterocycles. The first-order chi connectivity index (χ1) is 6.91. The number of nitrogens with one attached hydrogen (secondary N) is 1. The van der Waals surface area contributed by atoms with Gasteiger partial charge in [0.2, 0.25) is 0 Å². The van der Waals surface area contributed by atoms with Crippen LogP contribution in [-0.2, 0) is 6.18 Å². The van der Waals surface area contributed by atoms with Crippen molar-refractivity contribution in [3.8, 4) is 0 Å². The van der Waals surface area contributed by atoms with E-state index in [-0.39, 0.29) is 11.3 Å². The van der Waals surface area contributed by atoms with Crippen molar-refractivity contribution >= 4 is 5.70 Å². The summed E-state index contributed by atoms with van der Waals surface area (Å²) in [5, 5.41) is 2.45. The Balaban J connectivity index is 2.61. The maximum absolute atomic E-state index is 13.3. The molecule has 0 aliphatic carbocycles. The van der Waals surface area contributed by atoms with Crippen LogP contribution in [0.1, 0.15) is 11.1 Å². The highest BCUT2D eigenvalue weighted by atomic mass is 19.4. The minimum absolute atomic E-state index is 0.234.